The molecular weight excluding hydrogens is 375 g/mol. The lowest BCUT2D eigenvalue weighted by atomic mass is 9.87. The van der Waals surface area contributed by atoms with Crippen LogP contribution in [0.1, 0.15) is 24.5 Å². The minimum Gasteiger partial charge on any atom is -0.319 e. The number of nitrogens with zero attached hydrogens (tertiary/aromatic N) is 1. The highest BCUT2D eigenvalue weighted by molar-refractivity contribution is 9.10. The van der Waals surface area contributed by atoms with E-state index in [0.29, 0.717) is 12.0 Å². The first-order valence-electron chi connectivity index (χ1n) is 7.61. The van der Waals surface area contributed by atoms with Crippen molar-refractivity contribution in [3.63, 3.8) is 0 Å². The van der Waals surface area contributed by atoms with E-state index < -0.39 is 11.6 Å². The average Bonchev–Trinajstić information content (AvgIpc) is 2.82. The van der Waals surface area contributed by atoms with Crippen molar-refractivity contribution in [3.8, 4) is 0 Å². The lowest BCUT2D eigenvalue weighted by Crippen LogP contribution is -2.43. The second-order valence-corrected chi connectivity index (χ2v) is 6.53. The maximum Gasteiger partial charge on any atom is 0.325 e. The standard InChI is InChI=1S/C18H16BrFN2O2/c1-2-18(13-7-9-14(20)10-8-13)16(23)22(17(24)21-18)11-12-5-3-4-6-15(12)19/h3-10H,2,11H2,1H3,(H,21,24). The molecule has 0 saturated carbocycles. The van der Waals surface area contributed by atoms with Gasteiger partial charge in [-0.3, -0.25) is 9.69 Å². The van der Waals surface area contributed by atoms with Gasteiger partial charge < -0.3 is 5.32 Å². The molecule has 1 fully saturated rings. The Bertz CT molecular complexity index is 794. The SMILES string of the molecule is CCC1(c2ccc(F)cc2)NC(=O)N(Cc2ccccc2Br)C1=O. The molecule has 1 aliphatic rings. The Kier molecular flexibility index (Phi) is 4.41. The highest BCUT2D eigenvalue weighted by Crippen LogP contribution is 2.33. The first-order chi connectivity index (χ1) is 11.5. The van der Waals surface area contributed by atoms with Crippen LogP contribution in [0, 0.1) is 5.82 Å². The van der Waals surface area contributed by atoms with Crippen LogP contribution < -0.4 is 5.32 Å². The summed E-state index contributed by atoms with van der Waals surface area (Å²) in [6, 6.07) is 12.7. The fourth-order valence-corrected chi connectivity index (χ4v) is 3.35. The number of hydrogen-bond donors (Lipinski definition) is 1. The van der Waals surface area contributed by atoms with Crippen LogP contribution in [-0.2, 0) is 16.9 Å². The van der Waals surface area contributed by atoms with Crippen LogP contribution in [0.5, 0.6) is 0 Å². The van der Waals surface area contributed by atoms with Gasteiger partial charge in [-0.25, -0.2) is 9.18 Å². The van der Waals surface area contributed by atoms with Crippen molar-refractivity contribution in [1.29, 1.82) is 0 Å². The van der Waals surface area contributed by atoms with Crippen molar-refractivity contribution < 1.29 is 14.0 Å². The smallest absolute Gasteiger partial charge is 0.319 e. The van der Waals surface area contributed by atoms with E-state index in [2.05, 4.69) is 21.2 Å². The third kappa shape index (κ3) is 2.71. The minimum atomic E-state index is -1.15. The summed E-state index contributed by atoms with van der Waals surface area (Å²) in [6.45, 7) is 2.00. The molecule has 24 heavy (non-hydrogen) atoms. The van der Waals surface area contributed by atoms with Crippen molar-refractivity contribution in [3.05, 3.63) is 69.9 Å². The van der Waals surface area contributed by atoms with Crippen molar-refractivity contribution >= 4 is 27.9 Å². The summed E-state index contributed by atoms with van der Waals surface area (Å²) in [7, 11) is 0. The second kappa shape index (κ2) is 6.36. The second-order valence-electron chi connectivity index (χ2n) is 5.68. The summed E-state index contributed by atoms with van der Waals surface area (Å²) >= 11 is 3.43. The number of carbonyl (C=O) groups excluding carboxylic acids is 2. The Morgan fingerprint density at radius 3 is 2.42 bits per heavy atom. The van der Waals surface area contributed by atoms with E-state index in [1.54, 1.807) is 12.1 Å². The molecule has 1 aliphatic heterocycles. The maximum atomic E-state index is 13.2. The zero-order valence-electron chi connectivity index (χ0n) is 13.1. The third-order valence-electron chi connectivity index (χ3n) is 4.33. The van der Waals surface area contributed by atoms with Gasteiger partial charge in [0.15, 0.2) is 0 Å². The van der Waals surface area contributed by atoms with Crippen LogP contribution in [-0.4, -0.2) is 16.8 Å². The molecule has 1 atom stereocenters. The number of amides is 3. The lowest BCUT2D eigenvalue weighted by Gasteiger charge is -2.25. The molecule has 0 aromatic heterocycles. The van der Waals surface area contributed by atoms with Crippen LogP contribution in [0.3, 0.4) is 0 Å². The summed E-state index contributed by atoms with van der Waals surface area (Å²) in [6.07, 6.45) is 0.385. The molecule has 6 heteroatoms. The Balaban J connectivity index is 1.95. The number of nitrogens with one attached hydrogen (secondary N) is 1. The molecule has 124 valence electrons. The van der Waals surface area contributed by atoms with Gasteiger partial charge >= 0.3 is 6.03 Å². The largest absolute Gasteiger partial charge is 0.325 e. The monoisotopic (exact) mass is 390 g/mol. The predicted molar refractivity (Wildman–Crippen MR) is 91.6 cm³/mol. The average molecular weight is 391 g/mol. The number of carbonyl (C=O) groups is 2. The lowest BCUT2D eigenvalue weighted by molar-refractivity contribution is -0.132. The Morgan fingerprint density at radius 2 is 1.79 bits per heavy atom. The van der Waals surface area contributed by atoms with Crippen LogP contribution in [0.15, 0.2) is 53.0 Å². The zero-order valence-corrected chi connectivity index (χ0v) is 14.6. The molecular formula is C18H16BrFN2O2. The third-order valence-corrected chi connectivity index (χ3v) is 5.10. The molecule has 1 N–H and O–H groups in total. The Hall–Kier alpha value is -2.21. The molecule has 2 aromatic carbocycles. The highest BCUT2D eigenvalue weighted by atomic mass is 79.9. The first-order valence-corrected chi connectivity index (χ1v) is 8.41. The van der Waals surface area contributed by atoms with E-state index in [1.165, 1.54) is 17.0 Å². The fraction of sp³-hybridized carbons (Fsp3) is 0.222. The molecule has 4 nitrogen and oxygen atoms in total. The van der Waals surface area contributed by atoms with E-state index in [1.807, 2.05) is 31.2 Å². The molecule has 1 heterocycles. The fourth-order valence-electron chi connectivity index (χ4n) is 2.94. The molecule has 1 saturated heterocycles. The molecule has 3 amide bonds. The van der Waals surface area contributed by atoms with Gasteiger partial charge in [0.05, 0.1) is 6.54 Å². The first kappa shape index (κ1) is 16.6. The quantitative estimate of drug-likeness (QED) is 0.803. The summed E-state index contributed by atoms with van der Waals surface area (Å²) in [5, 5.41) is 2.79. The van der Waals surface area contributed by atoms with Crippen molar-refractivity contribution in [2.75, 3.05) is 0 Å². The predicted octanol–water partition coefficient (Wildman–Crippen LogP) is 3.95. The Labute approximate surface area is 147 Å². The van der Waals surface area contributed by atoms with Gasteiger partial charge in [0.2, 0.25) is 0 Å². The normalized spacial score (nSPS) is 20.4. The van der Waals surface area contributed by atoms with E-state index in [4.69, 9.17) is 0 Å². The molecule has 0 radical (unpaired) electrons. The van der Waals surface area contributed by atoms with Crippen molar-refractivity contribution in [2.24, 2.45) is 0 Å². The maximum absolute atomic E-state index is 13.2. The van der Waals surface area contributed by atoms with Gasteiger partial charge in [-0.05, 0) is 35.7 Å². The van der Waals surface area contributed by atoms with Gasteiger partial charge in [-0.2, -0.15) is 0 Å². The zero-order chi connectivity index (χ0) is 17.3. The van der Waals surface area contributed by atoms with E-state index in [0.717, 1.165) is 10.0 Å². The van der Waals surface area contributed by atoms with Gasteiger partial charge in [-0.15, -0.1) is 0 Å². The van der Waals surface area contributed by atoms with Gasteiger partial charge in [0.25, 0.3) is 5.91 Å². The number of hydrogen-bond acceptors (Lipinski definition) is 2. The number of urea groups is 1. The minimum absolute atomic E-state index is 0.176. The Morgan fingerprint density at radius 1 is 1.12 bits per heavy atom. The van der Waals surface area contributed by atoms with E-state index in [9.17, 15) is 14.0 Å². The molecule has 2 aromatic rings. The van der Waals surface area contributed by atoms with Crippen LogP contribution >= 0.6 is 15.9 Å². The van der Waals surface area contributed by atoms with E-state index in [-0.39, 0.29) is 18.3 Å². The molecule has 0 bridgehead atoms. The number of benzene rings is 2. The van der Waals surface area contributed by atoms with E-state index >= 15 is 0 Å². The van der Waals surface area contributed by atoms with Gasteiger partial charge in [0.1, 0.15) is 11.4 Å². The highest BCUT2D eigenvalue weighted by Gasteiger charge is 2.51. The topological polar surface area (TPSA) is 49.4 Å². The van der Waals surface area contributed by atoms with Crippen LogP contribution in [0.4, 0.5) is 9.18 Å². The van der Waals surface area contributed by atoms with Crippen molar-refractivity contribution in [1.82, 2.24) is 10.2 Å². The number of imide groups is 1. The van der Waals surface area contributed by atoms with Gasteiger partial charge in [0, 0.05) is 4.47 Å². The van der Waals surface area contributed by atoms with Crippen molar-refractivity contribution in [2.45, 2.75) is 25.4 Å². The molecule has 3 rings (SSSR count). The summed E-state index contributed by atoms with van der Waals surface area (Å²) in [4.78, 5) is 26.6. The van der Waals surface area contributed by atoms with Gasteiger partial charge in [-0.1, -0.05) is 53.2 Å². The summed E-state index contributed by atoms with van der Waals surface area (Å²) < 4.78 is 14.0. The summed E-state index contributed by atoms with van der Waals surface area (Å²) in [5.74, 6) is -0.704. The number of halogens is 2. The molecule has 1 unspecified atom stereocenters. The summed E-state index contributed by atoms with van der Waals surface area (Å²) in [5.41, 5.74) is 0.276. The number of rotatable bonds is 4. The van der Waals surface area contributed by atoms with Crippen LogP contribution in [0.2, 0.25) is 0 Å². The van der Waals surface area contributed by atoms with Crippen LogP contribution in [0.25, 0.3) is 0 Å². The molecule has 0 spiro atoms. The molecule has 0 aliphatic carbocycles.